The number of amides is 2. The molecular formula is C26H28F3N5O3. The van der Waals surface area contributed by atoms with Crippen molar-refractivity contribution in [2.24, 2.45) is 11.1 Å². The smallest absolute Gasteiger partial charge is 0.416 e. The molecule has 0 unspecified atom stereocenters. The van der Waals surface area contributed by atoms with Gasteiger partial charge in [0.25, 0.3) is 11.8 Å². The summed E-state index contributed by atoms with van der Waals surface area (Å²) < 4.78 is 46.5. The van der Waals surface area contributed by atoms with Crippen molar-refractivity contribution >= 4 is 23.1 Å². The fraction of sp³-hybridized carbons (Fsp3) is 0.385. The molecule has 0 saturated heterocycles. The van der Waals surface area contributed by atoms with Gasteiger partial charge in [-0.05, 0) is 73.9 Å². The SMILES string of the molecule is CN/C=C(\C(C)=N)c1cc(C(=O)NC2CC3(C2)CC(Oc2ncccc2C(N)=O)C3)cc(C(F)(F)F)c1. The minimum absolute atomic E-state index is 0.0107. The quantitative estimate of drug-likeness (QED) is 0.396. The second-order valence-electron chi connectivity index (χ2n) is 9.72. The van der Waals surface area contributed by atoms with Gasteiger partial charge in [0, 0.05) is 42.3 Å². The standard InChI is InChI=1S/C26H28F3N5O3/c1-14(30)21(13-32-2)15-6-16(8-17(7-15)26(27,28)29)23(36)34-18-9-25(10-18)11-19(12-25)37-24-20(22(31)35)4-3-5-33-24/h3-8,13,18-19,30,32H,9-12H2,1-2H3,(H2,31,35)(H,34,36)/b21-13+,30-14?. The number of nitrogens with two attached hydrogens (primary N) is 1. The summed E-state index contributed by atoms with van der Waals surface area (Å²) in [6.45, 7) is 1.47. The highest BCUT2D eigenvalue weighted by molar-refractivity contribution is 6.21. The van der Waals surface area contributed by atoms with E-state index in [1.54, 1.807) is 19.2 Å². The van der Waals surface area contributed by atoms with E-state index in [4.69, 9.17) is 15.9 Å². The summed E-state index contributed by atoms with van der Waals surface area (Å²) in [5.41, 5.74) is 4.97. The molecule has 2 fully saturated rings. The van der Waals surface area contributed by atoms with Gasteiger partial charge in [-0.2, -0.15) is 13.2 Å². The monoisotopic (exact) mass is 515 g/mol. The number of primary amides is 1. The largest absolute Gasteiger partial charge is 0.474 e. The van der Waals surface area contributed by atoms with Gasteiger partial charge < -0.3 is 26.5 Å². The van der Waals surface area contributed by atoms with Gasteiger partial charge in [0.1, 0.15) is 11.7 Å². The Labute approximate surface area is 212 Å². The molecule has 2 saturated carbocycles. The Morgan fingerprint density at radius 3 is 2.46 bits per heavy atom. The van der Waals surface area contributed by atoms with Crippen LogP contribution in [0.3, 0.4) is 0 Å². The molecule has 2 aromatic rings. The van der Waals surface area contributed by atoms with E-state index in [0.29, 0.717) is 12.8 Å². The van der Waals surface area contributed by atoms with Crippen LogP contribution in [0.25, 0.3) is 5.57 Å². The first-order chi connectivity index (χ1) is 17.4. The second kappa shape index (κ2) is 9.87. The molecule has 1 heterocycles. The third kappa shape index (κ3) is 5.60. The number of ether oxygens (including phenoxy) is 1. The van der Waals surface area contributed by atoms with Gasteiger partial charge in [0.15, 0.2) is 0 Å². The molecular weight excluding hydrogens is 487 g/mol. The minimum atomic E-state index is -4.64. The summed E-state index contributed by atoms with van der Waals surface area (Å²) in [5.74, 6) is -1.01. The van der Waals surface area contributed by atoms with Crippen LogP contribution in [0.2, 0.25) is 0 Å². The van der Waals surface area contributed by atoms with E-state index < -0.39 is 23.6 Å². The third-order valence-electron chi connectivity index (χ3n) is 6.86. The first-order valence-corrected chi connectivity index (χ1v) is 11.8. The lowest BCUT2D eigenvalue weighted by atomic mass is 9.53. The Kier molecular flexibility index (Phi) is 6.98. The highest BCUT2D eigenvalue weighted by Gasteiger charge is 2.54. The lowest BCUT2D eigenvalue weighted by Gasteiger charge is -2.57. The number of nitrogens with one attached hydrogen (secondary N) is 3. The highest BCUT2D eigenvalue weighted by Crippen LogP contribution is 2.56. The zero-order valence-corrected chi connectivity index (χ0v) is 20.4. The molecule has 4 rings (SSSR count). The van der Waals surface area contributed by atoms with Gasteiger partial charge in [0.05, 0.1) is 5.56 Å². The fourth-order valence-corrected chi connectivity index (χ4v) is 5.14. The molecule has 2 amide bonds. The maximum Gasteiger partial charge on any atom is 0.416 e. The van der Waals surface area contributed by atoms with Crippen molar-refractivity contribution in [1.29, 1.82) is 5.41 Å². The van der Waals surface area contributed by atoms with Crippen LogP contribution in [0, 0.1) is 10.8 Å². The van der Waals surface area contributed by atoms with Crippen molar-refractivity contribution in [2.45, 2.75) is 50.9 Å². The first-order valence-electron chi connectivity index (χ1n) is 11.8. The maximum absolute atomic E-state index is 13.6. The number of carbonyl (C=O) groups is 2. The molecule has 2 aliphatic rings. The summed E-state index contributed by atoms with van der Waals surface area (Å²) in [7, 11) is 1.58. The van der Waals surface area contributed by atoms with Crippen molar-refractivity contribution in [2.75, 3.05) is 7.05 Å². The summed E-state index contributed by atoms with van der Waals surface area (Å²) in [6.07, 6.45) is 0.983. The Morgan fingerprint density at radius 1 is 1.19 bits per heavy atom. The molecule has 0 atom stereocenters. The van der Waals surface area contributed by atoms with Crippen LogP contribution in [-0.4, -0.2) is 41.7 Å². The van der Waals surface area contributed by atoms with E-state index in [0.717, 1.165) is 25.0 Å². The number of pyridine rings is 1. The van der Waals surface area contributed by atoms with Crippen molar-refractivity contribution < 1.29 is 27.5 Å². The minimum Gasteiger partial charge on any atom is -0.474 e. The van der Waals surface area contributed by atoms with Crippen LogP contribution in [0.1, 0.15) is 64.4 Å². The fourth-order valence-electron chi connectivity index (χ4n) is 5.14. The van der Waals surface area contributed by atoms with Gasteiger partial charge in [0.2, 0.25) is 5.88 Å². The number of halogens is 3. The van der Waals surface area contributed by atoms with Crippen molar-refractivity contribution in [3.63, 3.8) is 0 Å². The zero-order valence-electron chi connectivity index (χ0n) is 20.4. The molecule has 2 aliphatic carbocycles. The average molecular weight is 516 g/mol. The Morgan fingerprint density at radius 2 is 1.86 bits per heavy atom. The lowest BCUT2D eigenvalue weighted by molar-refractivity contribution is -0.137. The molecule has 196 valence electrons. The van der Waals surface area contributed by atoms with Crippen molar-refractivity contribution in [3.05, 3.63) is 65.0 Å². The third-order valence-corrected chi connectivity index (χ3v) is 6.86. The van der Waals surface area contributed by atoms with E-state index in [1.807, 2.05) is 0 Å². The topological polar surface area (TPSA) is 130 Å². The van der Waals surface area contributed by atoms with Crippen molar-refractivity contribution in [3.8, 4) is 5.88 Å². The van der Waals surface area contributed by atoms with Crippen LogP contribution >= 0.6 is 0 Å². The summed E-state index contributed by atoms with van der Waals surface area (Å²) in [6, 6.07) is 6.13. The molecule has 37 heavy (non-hydrogen) atoms. The average Bonchev–Trinajstić information content (AvgIpc) is 2.78. The van der Waals surface area contributed by atoms with E-state index in [1.165, 1.54) is 25.4 Å². The maximum atomic E-state index is 13.6. The van der Waals surface area contributed by atoms with E-state index >= 15 is 0 Å². The zero-order chi connectivity index (χ0) is 27.0. The van der Waals surface area contributed by atoms with Gasteiger partial charge in [-0.25, -0.2) is 4.98 Å². The molecule has 0 radical (unpaired) electrons. The van der Waals surface area contributed by atoms with E-state index in [9.17, 15) is 22.8 Å². The van der Waals surface area contributed by atoms with Crippen molar-refractivity contribution in [1.82, 2.24) is 15.6 Å². The number of allylic oxidation sites excluding steroid dienone is 1. The molecule has 11 heteroatoms. The molecule has 8 nitrogen and oxygen atoms in total. The van der Waals surface area contributed by atoms with Gasteiger partial charge in [-0.1, -0.05) is 0 Å². The lowest BCUT2D eigenvalue weighted by Crippen LogP contribution is -2.58. The van der Waals surface area contributed by atoms with E-state index in [-0.39, 0.29) is 51.4 Å². The number of hydrogen-bond acceptors (Lipinski definition) is 6. The van der Waals surface area contributed by atoms with Crippen LogP contribution < -0.4 is 21.1 Å². The number of nitrogens with zero attached hydrogens (tertiary/aromatic N) is 1. The molecule has 0 bridgehead atoms. The number of alkyl halides is 3. The second-order valence-corrected chi connectivity index (χ2v) is 9.72. The van der Waals surface area contributed by atoms with Gasteiger partial charge in [-0.15, -0.1) is 0 Å². The van der Waals surface area contributed by atoms with E-state index in [2.05, 4.69) is 15.6 Å². The Bertz CT molecular complexity index is 1260. The van der Waals surface area contributed by atoms with Gasteiger partial charge in [-0.3, -0.25) is 9.59 Å². The van der Waals surface area contributed by atoms with Crippen LogP contribution in [-0.2, 0) is 6.18 Å². The molecule has 1 spiro atoms. The van der Waals surface area contributed by atoms with Crippen LogP contribution in [0.15, 0.2) is 42.7 Å². The number of rotatable bonds is 8. The number of aromatic nitrogens is 1. The summed E-state index contributed by atoms with van der Waals surface area (Å²) in [5, 5.41) is 13.5. The summed E-state index contributed by atoms with van der Waals surface area (Å²) >= 11 is 0. The van der Waals surface area contributed by atoms with Crippen LogP contribution in [0.4, 0.5) is 13.2 Å². The first kappa shape index (κ1) is 26.2. The number of carbonyl (C=O) groups excluding carboxylic acids is 2. The van der Waals surface area contributed by atoms with Crippen LogP contribution in [0.5, 0.6) is 5.88 Å². The molecule has 5 N–H and O–H groups in total. The molecule has 1 aromatic carbocycles. The molecule has 0 aliphatic heterocycles. The number of hydrogen-bond donors (Lipinski definition) is 4. The highest BCUT2D eigenvalue weighted by atomic mass is 19.4. The normalized spacial score (nSPS) is 23.0. The Balaban J connectivity index is 1.39. The predicted molar refractivity (Wildman–Crippen MR) is 131 cm³/mol. The molecule has 1 aromatic heterocycles. The summed E-state index contributed by atoms with van der Waals surface area (Å²) in [4.78, 5) is 28.5. The van der Waals surface area contributed by atoms with Gasteiger partial charge >= 0.3 is 6.18 Å². The Hall–Kier alpha value is -3.89. The predicted octanol–water partition coefficient (Wildman–Crippen LogP) is 3.92. The number of benzene rings is 1.